The molecule has 0 atom stereocenters. The highest BCUT2D eigenvalue weighted by molar-refractivity contribution is 4.79. The van der Waals surface area contributed by atoms with Gasteiger partial charge in [-0.15, -0.1) is 0 Å². The molecule has 102 valence electrons. The Morgan fingerprint density at radius 1 is 1.18 bits per heavy atom. The lowest BCUT2D eigenvalue weighted by molar-refractivity contribution is 0.158. The Hall–Kier alpha value is -0.120. The molecule has 1 saturated heterocycles. The molecule has 3 nitrogen and oxygen atoms in total. The van der Waals surface area contributed by atoms with E-state index in [1.54, 1.807) is 0 Å². The van der Waals surface area contributed by atoms with Gasteiger partial charge in [0.05, 0.1) is 0 Å². The summed E-state index contributed by atoms with van der Waals surface area (Å²) >= 11 is 0. The minimum Gasteiger partial charge on any atom is -0.313 e. The maximum absolute atomic E-state index is 3.70. The summed E-state index contributed by atoms with van der Waals surface area (Å²) in [6.07, 6.45) is 2.62. The second-order valence-corrected chi connectivity index (χ2v) is 5.93. The zero-order valence-corrected chi connectivity index (χ0v) is 12.4. The molecular weight excluding hydrogens is 210 g/mol. The van der Waals surface area contributed by atoms with Gasteiger partial charge >= 0.3 is 0 Å². The Kier molecular flexibility index (Phi) is 6.45. The number of piperidine rings is 1. The molecule has 0 aromatic heterocycles. The van der Waals surface area contributed by atoms with Gasteiger partial charge in [-0.2, -0.15) is 0 Å². The SMILES string of the molecule is CC(C)N(C)CCNC1CCN(C(C)C)CC1. The van der Waals surface area contributed by atoms with Crippen molar-refractivity contribution in [1.82, 2.24) is 15.1 Å². The molecule has 1 aliphatic heterocycles. The van der Waals surface area contributed by atoms with Crippen LogP contribution in [0.15, 0.2) is 0 Å². The molecular formula is C14H31N3. The van der Waals surface area contributed by atoms with Gasteiger partial charge in [0.25, 0.3) is 0 Å². The third-order valence-electron chi connectivity index (χ3n) is 4.04. The van der Waals surface area contributed by atoms with Crippen LogP contribution >= 0.6 is 0 Å². The fraction of sp³-hybridized carbons (Fsp3) is 1.00. The summed E-state index contributed by atoms with van der Waals surface area (Å²) in [5.74, 6) is 0. The van der Waals surface area contributed by atoms with Crippen molar-refractivity contribution in [3.63, 3.8) is 0 Å². The lowest BCUT2D eigenvalue weighted by Gasteiger charge is -2.35. The first-order chi connectivity index (χ1) is 8.00. The van der Waals surface area contributed by atoms with Crippen LogP contribution in [0, 0.1) is 0 Å². The number of likely N-dealkylation sites (tertiary alicyclic amines) is 1. The number of nitrogens with one attached hydrogen (secondary N) is 1. The quantitative estimate of drug-likeness (QED) is 0.765. The van der Waals surface area contributed by atoms with Gasteiger partial charge in [0.1, 0.15) is 0 Å². The average molecular weight is 241 g/mol. The van der Waals surface area contributed by atoms with Gasteiger partial charge in [-0.25, -0.2) is 0 Å². The van der Waals surface area contributed by atoms with Crippen LogP contribution in [0.25, 0.3) is 0 Å². The number of hydrogen-bond donors (Lipinski definition) is 1. The Balaban J connectivity index is 2.10. The van der Waals surface area contributed by atoms with Gasteiger partial charge in [-0.05, 0) is 60.7 Å². The van der Waals surface area contributed by atoms with Gasteiger partial charge in [-0.1, -0.05) is 0 Å². The molecule has 1 heterocycles. The maximum atomic E-state index is 3.70. The van der Waals surface area contributed by atoms with E-state index in [4.69, 9.17) is 0 Å². The van der Waals surface area contributed by atoms with Crippen LogP contribution < -0.4 is 5.32 Å². The van der Waals surface area contributed by atoms with Crippen molar-refractivity contribution < 1.29 is 0 Å². The summed E-state index contributed by atoms with van der Waals surface area (Å²) in [7, 11) is 2.20. The highest BCUT2D eigenvalue weighted by Gasteiger charge is 2.20. The van der Waals surface area contributed by atoms with Crippen molar-refractivity contribution in [2.45, 2.75) is 58.7 Å². The Morgan fingerprint density at radius 3 is 2.24 bits per heavy atom. The molecule has 0 aromatic carbocycles. The molecule has 0 aromatic rings. The van der Waals surface area contributed by atoms with Gasteiger partial charge in [0.15, 0.2) is 0 Å². The average Bonchev–Trinajstić information content (AvgIpc) is 2.29. The molecule has 0 radical (unpaired) electrons. The zero-order valence-electron chi connectivity index (χ0n) is 12.4. The molecule has 0 spiro atoms. The lowest BCUT2D eigenvalue weighted by atomic mass is 10.0. The second kappa shape index (κ2) is 7.34. The van der Waals surface area contributed by atoms with Crippen molar-refractivity contribution in [3.05, 3.63) is 0 Å². The summed E-state index contributed by atoms with van der Waals surface area (Å²) in [6.45, 7) is 13.9. The van der Waals surface area contributed by atoms with E-state index in [9.17, 15) is 0 Å². The first-order valence-corrected chi connectivity index (χ1v) is 7.18. The van der Waals surface area contributed by atoms with Crippen LogP contribution in [0.1, 0.15) is 40.5 Å². The van der Waals surface area contributed by atoms with Crippen molar-refractivity contribution in [2.75, 3.05) is 33.2 Å². The van der Waals surface area contributed by atoms with Crippen LogP contribution in [-0.4, -0.2) is 61.2 Å². The van der Waals surface area contributed by atoms with Crippen molar-refractivity contribution >= 4 is 0 Å². The molecule has 1 N–H and O–H groups in total. The van der Waals surface area contributed by atoms with Crippen LogP contribution in [0.5, 0.6) is 0 Å². The van der Waals surface area contributed by atoms with Crippen LogP contribution in [-0.2, 0) is 0 Å². The monoisotopic (exact) mass is 241 g/mol. The minimum atomic E-state index is 0.652. The predicted octanol–water partition coefficient (Wildman–Crippen LogP) is 1.79. The largest absolute Gasteiger partial charge is 0.313 e. The van der Waals surface area contributed by atoms with Gasteiger partial charge in [0, 0.05) is 31.2 Å². The molecule has 0 amide bonds. The Bertz CT molecular complexity index is 196. The summed E-state index contributed by atoms with van der Waals surface area (Å²) in [4.78, 5) is 4.98. The minimum absolute atomic E-state index is 0.652. The Labute approximate surface area is 108 Å². The third kappa shape index (κ3) is 5.36. The standard InChI is InChI=1S/C14H31N3/c1-12(2)16(5)11-8-15-14-6-9-17(10-7-14)13(3)4/h12-15H,6-11H2,1-5H3. The van der Waals surface area contributed by atoms with E-state index in [-0.39, 0.29) is 0 Å². The van der Waals surface area contributed by atoms with Crippen LogP contribution in [0.4, 0.5) is 0 Å². The number of rotatable bonds is 6. The lowest BCUT2D eigenvalue weighted by Crippen LogP contribution is -2.46. The molecule has 1 aliphatic rings. The van der Waals surface area contributed by atoms with Gasteiger partial charge in [0.2, 0.25) is 0 Å². The fourth-order valence-electron chi connectivity index (χ4n) is 2.32. The summed E-state index contributed by atoms with van der Waals surface area (Å²) in [5.41, 5.74) is 0. The first-order valence-electron chi connectivity index (χ1n) is 7.18. The molecule has 1 rings (SSSR count). The predicted molar refractivity (Wildman–Crippen MR) is 75.5 cm³/mol. The Morgan fingerprint density at radius 2 is 1.76 bits per heavy atom. The number of nitrogens with zero attached hydrogens (tertiary/aromatic N) is 2. The topological polar surface area (TPSA) is 18.5 Å². The van der Waals surface area contributed by atoms with E-state index >= 15 is 0 Å². The summed E-state index contributed by atoms with van der Waals surface area (Å²) in [5, 5.41) is 3.70. The molecule has 1 fully saturated rings. The smallest absolute Gasteiger partial charge is 0.0107 e. The van der Waals surface area contributed by atoms with Crippen molar-refractivity contribution in [3.8, 4) is 0 Å². The van der Waals surface area contributed by atoms with E-state index in [0.717, 1.165) is 19.1 Å². The number of likely N-dealkylation sites (N-methyl/N-ethyl adjacent to an activating group) is 1. The summed E-state index contributed by atoms with van der Waals surface area (Å²) < 4.78 is 0. The number of hydrogen-bond acceptors (Lipinski definition) is 3. The van der Waals surface area contributed by atoms with Crippen molar-refractivity contribution in [1.29, 1.82) is 0 Å². The fourth-order valence-corrected chi connectivity index (χ4v) is 2.32. The normalized spacial score (nSPS) is 19.8. The molecule has 0 saturated carbocycles. The zero-order chi connectivity index (χ0) is 12.8. The van der Waals surface area contributed by atoms with Gasteiger partial charge in [-0.3, -0.25) is 0 Å². The molecule has 0 aliphatic carbocycles. The maximum Gasteiger partial charge on any atom is 0.0107 e. The highest BCUT2D eigenvalue weighted by atomic mass is 15.2. The molecule has 0 bridgehead atoms. The molecule has 17 heavy (non-hydrogen) atoms. The van der Waals surface area contributed by atoms with Crippen molar-refractivity contribution in [2.24, 2.45) is 0 Å². The second-order valence-electron chi connectivity index (χ2n) is 5.93. The molecule has 0 unspecified atom stereocenters. The van der Waals surface area contributed by atoms with Gasteiger partial charge < -0.3 is 15.1 Å². The third-order valence-corrected chi connectivity index (χ3v) is 4.04. The highest BCUT2D eigenvalue weighted by Crippen LogP contribution is 2.12. The van der Waals surface area contributed by atoms with E-state index in [0.29, 0.717) is 12.1 Å². The van der Waals surface area contributed by atoms with Crippen LogP contribution in [0.2, 0.25) is 0 Å². The molecule has 3 heteroatoms. The van der Waals surface area contributed by atoms with E-state index in [1.807, 2.05) is 0 Å². The van der Waals surface area contributed by atoms with E-state index in [1.165, 1.54) is 25.9 Å². The van der Waals surface area contributed by atoms with E-state index in [2.05, 4.69) is 49.9 Å². The first kappa shape index (κ1) is 14.9. The van der Waals surface area contributed by atoms with E-state index < -0.39 is 0 Å². The van der Waals surface area contributed by atoms with Crippen LogP contribution in [0.3, 0.4) is 0 Å². The summed E-state index contributed by atoms with van der Waals surface area (Å²) in [6, 6.07) is 2.10.